The molecular formula is C9H11N5. The van der Waals surface area contributed by atoms with E-state index in [1.54, 1.807) is 10.9 Å². The molecule has 2 aromatic heterocycles. The first kappa shape index (κ1) is 8.68. The van der Waals surface area contributed by atoms with Gasteiger partial charge < -0.3 is 5.73 Å². The number of hydrogen-bond acceptors (Lipinski definition) is 4. The second-order valence-corrected chi connectivity index (χ2v) is 3.10. The third-order valence-corrected chi connectivity index (χ3v) is 1.86. The standard InChI is InChI=1S/C9H11N5/c1-6-3-4-14(13-6)9-8(10)5-11-7(2)12-9/h3-5H,10H2,1-2H3. The van der Waals surface area contributed by atoms with Gasteiger partial charge in [0.2, 0.25) is 0 Å². The van der Waals surface area contributed by atoms with E-state index in [9.17, 15) is 0 Å². The molecule has 0 spiro atoms. The van der Waals surface area contributed by atoms with E-state index in [4.69, 9.17) is 5.73 Å². The molecule has 0 atom stereocenters. The Labute approximate surface area is 81.6 Å². The van der Waals surface area contributed by atoms with Gasteiger partial charge in [0.15, 0.2) is 5.82 Å². The van der Waals surface area contributed by atoms with Crippen LogP contribution in [0.25, 0.3) is 5.82 Å². The molecule has 2 N–H and O–H groups in total. The van der Waals surface area contributed by atoms with Crippen LogP contribution in [0.4, 0.5) is 5.69 Å². The third kappa shape index (κ3) is 1.44. The average Bonchev–Trinajstić information content (AvgIpc) is 2.56. The van der Waals surface area contributed by atoms with Gasteiger partial charge in [0.05, 0.1) is 17.6 Å². The Morgan fingerprint density at radius 3 is 2.79 bits per heavy atom. The van der Waals surface area contributed by atoms with Crippen LogP contribution in [0.15, 0.2) is 18.5 Å². The van der Waals surface area contributed by atoms with Crippen LogP contribution in [-0.2, 0) is 0 Å². The molecule has 0 saturated carbocycles. The number of nitrogen functional groups attached to an aromatic ring is 1. The van der Waals surface area contributed by atoms with Crippen molar-refractivity contribution in [3.05, 3.63) is 30.0 Å². The normalized spacial score (nSPS) is 10.4. The molecule has 0 unspecified atom stereocenters. The van der Waals surface area contributed by atoms with Crippen molar-refractivity contribution < 1.29 is 0 Å². The highest BCUT2D eigenvalue weighted by Crippen LogP contribution is 2.12. The maximum atomic E-state index is 5.74. The van der Waals surface area contributed by atoms with Crippen molar-refractivity contribution >= 4 is 5.69 Å². The van der Waals surface area contributed by atoms with Crippen LogP contribution >= 0.6 is 0 Å². The van der Waals surface area contributed by atoms with Gasteiger partial charge in [-0.3, -0.25) is 0 Å². The molecule has 0 aliphatic heterocycles. The Morgan fingerprint density at radius 2 is 2.14 bits per heavy atom. The molecule has 2 rings (SSSR count). The van der Waals surface area contributed by atoms with Crippen LogP contribution in [0.2, 0.25) is 0 Å². The molecular weight excluding hydrogens is 178 g/mol. The Kier molecular flexibility index (Phi) is 1.92. The molecule has 0 amide bonds. The van der Waals surface area contributed by atoms with E-state index >= 15 is 0 Å². The van der Waals surface area contributed by atoms with Gasteiger partial charge in [0, 0.05) is 6.20 Å². The largest absolute Gasteiger partial charge is 0.394 e. The van der Waals surface area contributed by atoms with Gasteiger partial charge in [-0.15, -0.1) is 0 Å². The van der Waals surface area contributed by atoms with Crippen molar-refractivity contribution in [2.75, 3.05) is 5.73 Å². The van der Waals surface area contributed by atoms with E-state index in [1.165, 1.54) is 0 Å². The minimum absolute atomic E-state index is 0.527. The van der Waals surface area contributed by atoms with E-state index in [2.05, 4.69) is 15.1 Å². The Morgan fingerprint density at radius 1 is 1.36 bits per heavy atom. The first-order chi connectivity index (χ1) is 6.66. The quantitative estimate of drug-likeness (QED) is 0.722. The van der Waals surface area contributed by atoms with E-state index in [0.29, 0.717) is 17.3 Å². The molecule has 2 heterocycles. The zero-order valence-corrected chi connectivity index (χ0v) is 8.10. The van der Waals surface area contributed by atoms with Gasteiger partial charge >= 0.3 is 0 Å². The summed E-state index contributed by atoms with van der Waals surface area (Å²) in [6, 6.07) is 1.90. The second kappa shape index (κ2) is 3.10. The smallest absolute Gasteiger partial charge is 0.179 e. The molecule has 0 aliphatic carbocycles. The summed E-state index contributed by atoms with van der Waals surface area (Å²) in [6.07, 6.45) is 3.42. The highest BCUT2D eigenvalue weighted by atomic mass is 15.3. The highest BCUT2D eigenvalue weighted by Gasteiger charge is 2.05. The van der Waals surface area contributed by atoms with Gasteiger partial charge in [-0.1, -0.05) is 0 Å². The second-order valence-electron chi connectivity index (χ2n) is 3.10. The predicted molar refractivity (Wildman–Crippen MR) is 53.0 cm³/mol. The van der Waals surface area contributed by atoms with Crippen LogP contribution in [0.1, 0.15) is 11.5 Å². The molecule has 0 aliphatic rings. The monoisotopic (exact) mass is 189 g/mol. The van der Waals surface area contributed by atoms with Crippen LogP contribution in [0.3, 0.4) is 0 Å². The van der Waals surface area contributed by atoms with E-state index < -0.39 is 0 Å². The van der Waals surface area contributed by atoms with E-state index in [-0.39, 0.29) is 0 Å². The van der Waals surface area contributed by atoms with Crippen LogP contribution in [0, 0.1) is 13.8 Å². The van der Waals surface area contributed by atoms with Crippen LogP contribution in [0.5, 0.6) is 0 Å². The fraction of sp³-hybridized carbons (Fsp3) is 0.222. The summed E-state index contributed by atoms with van der Waals surface area (Å²) in [5.41, 5.74) is 7.20. The SMILES string of the molecule is Cc1ccn(-c2nc(C)ncc2N)n1. The zero-order valence-electron chi connectivity index (χ0n) is 8.10. The van der Waals surface area contributed by atoms with Gasteiger partial charge in [0.1, 0.15) is 5.82 Å². The van der Waals surface area contributed by atoms with Crippen molar-refractivity contribution in [3.8, 4) is 5.82 Å². The van der Waals surface area contributed by atoms with Gasteiger partial charge in [-0.2, -0.15) is 5.10 Å². The molecule has 0 aromatic carbocycles. The maximum absolute atomic E-state index is 5.74. The Bertz CT molecular complexity index is 460. The molecule has 0 saturated heterocycles. The van der Waals surface area contributed by atoms with Gasteiger partial charge in [-0.05, 0) is 19.9 Å². The third-order valence-electron chi connectivity index (χ3n) is 1.86. The molecule has 5 nitrogen and oxygen atoms in total. The lowest BCUT2D eigenvalue weighted by atomic mass is 10.4. The van der Waals surface area contributed by atoms with Crippen LogP contribution < -0.4 is 5.73 Å². The minimum atomic E-state index is 0.527. The van der Waals surface area contributed by atoms with Crippen molar-refractivity contribution in [2.45, 2.75) is 13.8 Å². The van der Waals surface area contributed by atoms with Gasteiger partial charge in [0.25, 0.3) is 0 Å². The Balaban J connectivity index is 2.55. The lowest BCUT2D eigenvalue weighted by molar-refractivity contribution is 0.819. The minimum Gasteiger partial charge on any atom is -0.394 e. The number of hydrogen-bond donors (Lipinski definition) is 1. The summed E-state index contributed by atoms with van der Waals surface area (Å²) in [5, 5.41) is 4.23. The number of aromatic nitrogens is 4. The van der Waals surface area contributed by atoms with E-state index in [0.717, 1.165) is 5.69 Å². The number of anilines is 1. The summed E-state index contributed by atoms with van der Waals surface area (Å²) < 4.78 is 1.65. The molecule has 0 radical (unpaired) electrons. The number of nitrogens with two attached hydrogens (primary N) is 1. The molecule has 0 bridgehead atoms. The molecule has 2 aromatic rings. The van der Waals surface area contributed by atoms with Crippen molar-refractivity contribution in [1.82, 2.24) is 19.7 Å². The molecule has 72 valence electrons. The summed E-state index contributed by atoms with van der Waals surface area (Å²) in [4.78, 5) is 8.22. The van der Waals surface area contributed by atoms with Crippen molar-refractivity contribution in [3.63, 3.8) is 0 Å². The molecule has 0 fully saturated rings. The average molecular weight is 189 g/mol. The number of rotatable bonds is 1. The summed E-state index contributed by atoms with van der Waals surface area (Å²) in [6.45, 7) is 3.74. The van der Waals surface area contributed by atoms with Crippen LogP contribution in [-0.4, -0.2) is 19.7 Å². The highest BCUT2D eigenvalue weighted by molar-refractivity contribution is 5.50. The molecule has 5 heteroatoms. The summed E-state index contributed by atoms with van der Waals surface area (Å²) in [5.74, 6) is 1.31. The molecule has 14 heavy (non-hydrogen) atoms. The zero-order chi connectivity index (χ0) is 10.1. The van der Waals surface area contributed by atoms with Crippen molar-refractivity contribution in [1.29, 1.82) is 0 Å². The lowest BCUT2D eigenvalue weighted by Gasteiger charge is -2.04. The lowest BCUT2D eigenvalue weighted by Crippen LogP contribution is -2.05. The topological polar surface area (TPSA) is 69.6 Å². The predicted octanol–water partition coefficient (Wildman–Crippen LogP) is 0.861. The summed E-state index contributed by atoms with van der Waals surface area (Å²) in [7, 11) is 0. The first-order valence-corrected chi connectivity index (χ1v) is 4.28. The van der Waals surface area contributed by atoms with Crippen molar-refractivity contribution in [2.24, 2.45) is 0 Å². The van der Waals surface area contributed by atoms with Gasteiger partial charge in [-0.25, -0.2) is 14.6 Å². The number of aryl methyl sites for hydroxylation is 2. The Hall–Kier alpha value is -1.91. The fourth-order valence-electron chi connectivity index (χ4n) is 1.18. The number of nitrogens with zero attached hydrogens (tertiary/aromatic N) is 4. The fourth-order valence-corrected chi connectivity index (χ4v) is 1.18. The summed E-state index contributed by atoms with van der Waals surface area (Å²) >= 11 is 0. The van der Waals surface area contributed by atoms with E-state index in [1.807, 2.05) is 26.1 Å². The first-order valence-electron chi connectivity index (χ1n) is 4.28. The maximum Gasteiger partial charge on any atom is 0.179 e.